The molecule has 3 aliphatic heterocycles. The third-order valence-electron chi connectivity index (χ3n) is 7.78. The normalized spacial score (nSPS) is 20.8. The molecule has 3 aromatic rings. The highest BCUT2D eigenvalue weighted by Crippen LogP contribution is 2.41. The number of carboxylic acid groups (broad SMARTS) is 1. The Balaban J connectivity index is 1.50. The van der Waals surface area contributed by atoms with Gasteiger partial charge in [0.05, 0.1) is 47.7 Å². The van der Waals surface area contributed by atoms with E-state index in [4.69, 9.17) is 19.6 Å². The standard InChI is InChI=1S/C28H25F2N3O7/c1-3-28(38)20-7-22-23-18(9-33(22)24(34)19(20)11-40-26(28)37)17(8-32-12-27(29,30)13-32)16-6-15(4-5-21(16)31-23)39-10-14(2)25(35)36/h4-7,38H,2-3,8-13H2,1H3,(H,35,36)/t28-/m0/s1. The Morgan fingerprint density at radius 3 is 2.65 bits per heavy atom. The minimum Gasteiger partial charge on any atom is -0.489 e. The highest BCUT2D eigenvalue weighted by atomic mass is 19.3. The first-order chi connectivity index (χ1) is 18.9. The molecule has 0 spiro atoms. The summed E-state index contributed by atoms with van der Waals surface area (Å²) in [5.74, 6) is -4.45. The van der Waals surface area contributed by atoms with E-state index in [1.807, 2.05) is 0 Å². The van der Waals surface area contributed by atoms with Crippen molar-refractivity contribution in [3.8, 4) is 17.1 Å². The van der Waals surface area contributed by atoms with Crippen LogP contribution >= 0.6 is 0 Å². The monoisotopic (exact) mass is 553 g/mol. The number of esters is 1. The number of fused-ring (bicyclic) bond motifs is 5. The third kappa shape index (κ3) is 3.97. The molecule has 0 radical (unpaired) electrons. The molecule has 2 N–H and O–H groups in total. The minimum absolute atomic E-state index is 0.00519. The van der Waals surface area contributed by atoms with E-state index in [2.05, 4.69) is 6.58 Å². The van der Waals surface area contributed by atoms with Crippen molar-refractivity contribution in [1.82, 2.24) is 14.5 Å². The van der Waals surface area contributed by atoms with Gasteiger partial charge in [0.1, 0.15) is 19.0 Å². The van der Waals surface area contributed by atoms with Gasteiger partial charge in [-0.3, -0.25) is 9.69 Å². The van der Waals surface area contributed by atoms with Crippen LogP contribution in [0.2, 0.25) is 0 Å². The first-order valence-electron chi connectivity index (χ1n) is 12.7. The summed E-state index contributed by atoms with van der Waals surface area (Å²) in [5.41, 5.74) is 0.547. The molecule has 208 valence electrons. The summed E-state index contributed by atoms with van der Waals surface area (Å²) in [6.45, 7) is 4.01. The van der Waals surface area contributed by atoms with Gasteiger partial charge in [-0.05, 0) is 36.2 Å². The van der Waals surface area contributed by atoms with Crippen LogP contribution in [0.15, 0.2) is 41.2 Å². The van der Waals surface area contributed by atoms with Gasteiger partial charge in [-0.1, -0.05) is 13.5 Å². The number of carbonyl (C=O) groups is 2. The van der Waals surface area contributed by atoms with Crippen LogP contribution in [-0.4, -0.2) is 62.2 Å². The van der Waals surface area contributed by atoms with E-state index in [-0.39, 0.29) is 49.4 Å². The van der Waals surface area contributed by atoms with Crippen molar-refractivity contribution < 1.29 is 38.1 Å². The summed E-state index contributed by atoms with van der Waals surface area (Å²) in [6.07, 6.45) is 0.00519. The van der Waals surface area contributed by atoms with Gasteiger partial charge >= 0.3 is 11.9 Å². The van der Waals surface area contributed by atoms with Gasteiger partial charge in [-0.25, -0.2) is 23.4 Å². The summed E-state index contributed by atoms with van der Waals surface area (Å²) >= 11 is 0. The number of halogens is 2. The topological polar surface area (TPSA) is 131 Å². The van der Waals surface area contributed by atoms with E-state index >= 15 is 0 Å². The van der Waals surface area contributed by atoms with E-state index < -0.39 is 42.1 Å². The first-order valence-corrected chi connectivity index (χ1v) is 12.7. The molecule has 5 heterocycles. The fraction of sp³-hybridized carbons (Fsp3) is 0.357. The van der Waals surface area contributed by atoms with E-state index in [1.165, 1.54) is 4.57 Å². The molecule has 1 atom stereocenters. The summed E-state index contributed by atoms with van der Waals surface area (Å²) in [7, 11) is 0. The minimum atomic E-state index is -2.78. The number of carboxylic acids is 1. The molecular formula is C28H25F2N3O7. The smallest absolute Gasteiger partial charge is 0.343 e. The lowest BCUT2D eigenvalue weighted by molar-refractivity contribution is -0.172. The Kier molecular flexibility index (Phi) is 5.82. The molecule has 1 saturated heterocycles. The molecule has 0 aliphatic carbocycles. The Bertz CT molecular complexity index is 1690. The number of aromatic nitrogens is 2. The maximum atomic E-state index is 13.7. The number of cyclic esters (lactones) is 1. The van der Waals surface area contributed by atoms with Crippen molar-refractivity contribution in [3.05, 3.63) is 69.0 Å². The Morgan fingerprint density at radius 2 is 1.98 bits per heavy atom. The van der Waals surface area contributed by atoms with Gasteiger partial charge in [-0.2, -0.15) is 0 Å². The summed E-state index contributed by atoms with van der Waals surface area (Å²) in [5, 5.41) is 20.8. The maximum Gasteiger partial charge on any atom is 0.343 e. The lowest BCUT2D eigenvalue weighted by Gasteiger charge is -2.39. The average molecular weight is 554 g/mol. The maximum absolute atomic E-state index is 13.7. The molecule has 6 rings (SSSR count). The Hall–Kier alpha value is -4.16. The molecule has 0 saturated carbocycles. The lowest BCUT2D eigenvalue weighted by atomic mass is 9.86. The number of aliphatic carboxylic acids is 1. The van der Waals surface area contributed by atoms with Crippen molar-refractivity contribution in [3.63, 3.8) is 0 Å². The Morgan fingerprint density at radius 1 is 1.23 bits per heavy atom. The van der Waals surface area contributed by atoms with Crippen molar-refractivity contribution >= 4 is 22.8 Å². The lowest BCUT2D eigenvalue weighted by Crippen LogP contribution is -2.55. The third-order valence-corrected chi connectivity index (χ3v) is 7.78. The van der Waals surface area contributed by atoms with Crippen LogP contribution in [0.4, 0.5) is 8.78 Å². The number of likely N-dealkylation sites (tertiary alicyclic amines) is 1. The number of carbonyl (C=O) groups excluding carboxylic acids is 1. The predicted molar refractivity (Wildman–Crippen MR) is 137 cm³/mol. The highest BCUT2D eigenvalue weighted by Gasteiger charge is 2.46. The second kappa shape index (κ2) is 8.93. The second-order valence-corrected chi connectivity index (χ2v) is 10.4. The van der Waals surface area contributed by atoms with Crippen molar-refractivity contribution in [2.75, 3.05) is 19.7 Å². The number of benzene rings is 1. The number of rotatable bonds is 7. The summed E-state index contributed by atoms with van der Waals surface area (Å²) < 4.78 is 39.7. The van der Waals surface area contributed by atoms with Crippen LogP contribution in [-0.2, 0) is 39.6 Å². The van der Waals surface area contributed by atoms with Gasteiger partial charge in [0.25, 0.3) is 11.5 Å². The van der Waals surface area contributed by atoms with Crippen LogP contribution < -0.4 is 10.3 Å². The van der Waals surface area contributed by atoms with Gasteiger partial charge < -0.3 is 24.3 Å². The summed E-state index contributed by atoms with van der Waals surface area (Å²) in [4.78, 5) is 43.5. The van der Waals surface area contributed by atoms with Crippen LogP contribution in [0.25, 0.3) is 22.3 Å². The zero-order valence-corrected chi connectivity index (χ0v) is 21.5. The molecule has 0 bridgehead atoms. The van der Waals surface area contributed by atoms with E-state index in [9.17, 15) is 28.3 Å². The van der Waals surface area contributed by atoms with Gasteiger partial charge in [0, 0.05) is 23.1 Å². The predicted octanol–water partition coefficient (Wildman–Crippen LogP) is 2.55. The number of alkyl halides is 2. The van der Waals surface area contributed by atoms with Gasteiger partial charge in [-0.15, -0.1) is 0 Å². The van der Waals surface area contributed by atoms with Crippen molar-refractivity contribution in [2.45, 2.75) is 44.6 Å². The van der Waals surface area contributed by atoms with Crippen LogP contribution in [0.5, 0.6) is 5.75 Å². The van der Waals surface area contributed by atoms with Gasteiger partial charge in [0.15, 0.2) is 5.60 Å². The SMILES string of the molecule is C=C(COc1ccc2nc3c(c(CN4CC(F)(F)C4)c2c1)Cn1c-3cc2c(c1=O)COC(=O)[C@]2(O)CC)C(=O)O. The molecular weight excluding hydrogens is 528 g/mol. The van der Waals surface area contributed by atoms with E-state index in [0.29, 0.717) is 39.2 Å². The number of hydrogen-bond acceptors (Lipinski definition) is 8. The molecule has 12 heteroatoms. The second-order valence-electron chi connectivity index (χ2n) is 10.4. The number of pyridine rings is 2. The molecule has 0 unspecified atom stereocenters. The molecule has 40 heavy (non-hydrogen) atoms. The van der Waals surface area contributed by atoms with E-state index in [1.54, 1.807) is 36.1 Å². The fourth-order valence-corrected chi connectivity index (χ4v) is 5.59. The quantitative estimate of drug-likeness (QED) is 0.262. The van der Waals surface area contributed by atoms with Gasteiger partial charge in [0.2, 0.25) is 0 Å². The van der Waals surface area contributed by atoms with E-state index in [0.717, 1.165) is 0 Å². The molecule has 10 nitrogen and oxygen atoms in total. The molecule has 1 aromatic carbocycles. The number of ether oxygens (including phenoxy) is 2. The number of nitrogens with zero attached hydrogens (tertiary/aromatic N) is 3. The first kappa shape index (κ1) is 26.1. The van der Waals surface area contributed by atoms with Crippen LogP contribution in [0.3, 0.4) is 0 Å². The number of hydrogen-bond donors (Lipinski definition) is 2. The van der Waals surface area contributed by atoms with Crippen molar-refractivity contribution in [2.24, 2.45) is 0 Å². The van der Waals surface area contributed by atoms with Crippen LogP contribution in [0.1, 0.15) is 35.6 Å². The largest absolute Gasteiger partial charge is 0.489 e. The summed E-state index contributed by atoms with van der Waals surface area (Å²) in [6, 6.07) is 6.55. The molecule has 1 fully saturated rings. The molecule has 2 aromatic heterocycles. The van der Waals surface area contributed by atoms with Crippen LogP contribution in [0, 0.1) is 0 Å². The number of aliphatic hydroxyl groups is 1. The Labute approximate surface area is 226 Å². The molecule has 0 amide bonds. The molecule has 3 aliphatic rings. The zero-order chi connectivity index (χ0) is 28.6. The fourth-order valence-electron chi connectivity index (χ4n) is 5.59. The highest BCUT2D eigenvalue weighted by molar-refractivity contribution is 5.90. The average Bonchev–Trinajstić information content (AvgIpc) is 3.27. The van der Waals surface area contributed by atoms with Crippen molar-refractivity contribution in [1.29, 1.82) is 0 Å². The zero-order valence-electron chi connectivity index (χ0n) is 21.5.